The molecule has 0 aromatic heterocycles. The lowest BCUT2D eigenvalue weighted by molar-refractivity contribution is 0.130. The summed E-state index contributed by atoms with van der Waals surface area (Å²) in [5.74, 6) is 0. The Hall–Kier alpha value is -1.60. The van der Waals surface area contributed by atoms with E-state index in [-0.39, 0.29) is 6.10 Å². The third-order valence-electron chi connectivity index (χ3n) is 2.81. The lowest BCUT2D eigenvalue weighted by atomic mass is 10.0. The van der Waals surface area contributed by atoms with Crippen LogP contribution in [0.3, 0.4) is 0 Å². The molecule has 1 aliphatic heterocycles. The van der Waals surface area contributed by atoms with E-state index in [1.54, 1.807) is 0 Å². The average Bonchev–Trinajstić information content (AvgIpc) is 2.82. The maximum absolute atomic E-state index is 5.64. The van der Waals surface area contributed by atoms with Gasteiger partial charge in [0.1, 0.15) is 6.10 Å². The summed E-state index contributed by atoms with van der Waals surface area (Å²) in [6.07, 6.45) is 4.34. The van der Waals surface area contributed by atoms with Gasteiger partial charge in [0, 0.05) is 0 Å². The Kier molecular flexibility index (Phi) is 2.04. The van der Waals surface area contributed by atoms with Crippen LogP contribution in [0.15, 0.2) is 54.6 Å². The largest absolute Gasteiger partial charge is 0.365 e. The molecule has 0 bridgehead atoms. The first-order chi connectivity index (χ1) is 7.45. The summed E-state index contributed by atoms with van der Waals surface area (Å²) < 4.78 is 5.64. The van der Waals surface area contributed by atoms with Gasteiger partial charge in [-0.05, 0) is 16.3 Å². The molecule has 1 unspecified atom stereocenters. The minimum atomic E-state index is 0.135. The molecule has 2 aromatic rings. The van der Waals surface area contributed by atoms with Crippen LogP contribution >= 0.6 is 0 Å². The van der Waals surface area contributed by atoms with Crippen molar-refractivity contribution in [2.24, 2.45) is 0 Å². The van der Waals surface area contributed by atoms with Crippen molar-refractivity contribution in [3.8, 4) is 0 Å². The van der Waals surface area contributed by atoms with Crippen molar-refractivity contribution in [2.75, 3.05) is 6.61 Å². The lowest BCUT2D eigenvalue weighted by Gasteiger charge is -2.11. The number of rotatable bonds is 1. The molecule has 0 spiro atoms. The minimum Gasteiger partial charge on any atom is -0.365 e. The van der Waals surface area contributed by atoms with Crippen LogP contribution in [-0.4, -0.2) is 6.61 Å². The molecule has 1 nitrogen and oxygen atoms in total. The van der Waals surface area contributed by atoms with Crippen LogP contribution in [0.1, 0.15) is 11.7 Å². The number of fused-ring (bicyclic) bond motifs is 1. The van der Waals surface area contributed by atoms with Crippen LogP contribution in [0, 0.1) is 0 Å². The molecule has 0 fully saturated rings. The fourth-order valence-corrected chi connectivity index (χ4v) is 2.09. The monoisotopic (exact) mass is 196 g/mol. The van der Waals surface area contributed by atoms with Gasteiger partial charge in [0.25, 0.3) is 0 Å². The highest BCUT2D eigenvalue weighted by molar-refractivity contribution is 5.86. The maximum Gasteiger partial charge on any atom is 0.102 e. The van der Waals surface area contributed by atoms with Crippen molar-refractivity contribution < 1.29 is 4.74 Å². The van der Waals surface area contributed by atoms with Crippen molar-refractivity contribution in [3.05, 3.63) is 60.2 Å². The van der Waals surface area contributed by atoms with Gasteiger partial charge in [-0.2, -0.15) is 0 Å². The topological polar surface area (TPSA) is 9.23 Å². The molecule has 74 valence electrons. The molecular weight excluding hydrogens is 184 g/mol. The summed E-state index contributed by atoms with van der Waals surface area (Å²) in [7, 11) is 0. The fourth-order valence-electron chi connectivity index (χ4n) is 2.09. The molecule has 2 aromatic carbocycles. The molecule has 0 saturated carbocycles. The molecule has 0 amide bonds. The van der Waals surface area contributed by atoms with Crippen molar-refractivity contribution in [2.45, 2.75) is 6.10 Å². The van der Waals surface area contributed by atoms with Crippen LogP contribution in [0.2, 0.25) is 0 Å². The van der Waals surface area contributed by atoms with Gasteiger partial charge in [-0.1, -0.05) is 54.6 Å². The van der Waals surface area contributed by atoms with E-state index in [1.165, 1.54) is 16.3 Å². The van der Waals surface area contributed by atoms with E-state index in [9.17, 15) is 0 Å². The normalized spacial score (nSPS) is 19.9. The Balaban J connectivity index is 2.21. The standard InChI is InChI=1S/C14H12O/c1-2-7-12-11(5-1)6-3-8-13(12)14-9-4-10-15-14/h1-9,14H,10H2. The lowest BCUT2D eigenvalue weighted by Crippen LogP contribution is -1.96. The van der Waals surface area contributed by atoms with Crippen LogP contribution in [0.5, 0.6) is 0 Å². The third-order valence-corrected chi connectivity index (χ3v) is 2.81. The van der Waals surface area contributed by atoms with E-state index in [0.717, 1.165) is 6.61 Å². The Morgan fingerprint density at radius 1 is 1.00 bits per heavy atom. The zero-order chi connectivity index (χ0) is 10.1. The maximum atomic E-state index is 5.64. The summed E-state index contributed by atoms with van der Waals surface area (Å²) in [6.45, 7) is 0.730. The molecule has 3 rings (SSSR count). The highest BCUT2D eigenvalue weighted by Crippen LogP contribution is 2.29. The number of ether oxygens (including phenoxy) is 1. The molecule has 0 aliphatic carbocycles. The molecule has 0 radical (unpaired) electrons. The second kappa shape index (κ2) is 3.52. The van der Waals surface area contributed by atoms with Gasteiger partial charge >= 0.3 is 0 Å². The molecule has 1 heteroatoms. The SMILES string of the molecule is C1=CC(c2cccc3ccccc23)OC1. The van der Waals surface area contributed by atoms with E-state index in [0.29, 0.717) is 0 Å². The Bertz CT molecular complexity index is 508. The second-order valence-electron chi connectivity index (χ2n) is 3.75. The summed E-state index contributed by atoms with van der Waals surface area (Å²) >= 11 is 0. The first-order valence-electron chi connectivity index (χ1n) is 5.21. The molecule has 1 heterocycles. The number of hydrogen-bond acceptors (Lipinski definition) is 1. The summed E-state index contributed by atoms with van der Waals surface area (Å²) in [6, 6.07) is 14.8. The van der Waals surface area contributed by atoms with Crippen LogP contribution in [-0.2, 0) is 4.74 Å². The first kappa shape index (κ1) is 8.69. The zero-order valence-electron chi connectivity index (χ0n) is 8.39. The van der Waals surface area contributed by atoms with E-state index in [2.05, 4.69) is 54.6 Å². The van der Waals surface area contributed by atoms with Crippen molar-refractivity contribution in [1.29, 1.82) is 0 Å². The number of hydrogen-bond donors (Lipinski definition) is 0. The second-order valence-corrected chi connectivity index (χ2v) is 3.75. The van der Waals surface area contributed by atoms with Gasteiger partial charge in [-0.3, -0.25) is 0 Å². The highest BCUT2D eigenvalue weighted by Gasteiger charge is 2.14. The van der Waals surface area contributed by atoms with Gasteiger partial charge in [-0.25, -0.2) is 0 Å². The Labute approximate surface area is 89.0 Å². The minimum absolute atomic E-state index is 0.135. The number of benzene rings is 2. The Morgan fingerprint density at radius 3 is 2.73 bits per heavy atom. The molecule has 0 saturated heterocycles. The quantitative estimate of drug-likeness (QED) is 0.634. The van der Waals surface area contributed by atoms with E-state index < -0.39 is 0 Å². The summed E-state index contributed by atoms with van der Waals surface area (Å²) in [5.41, 5.74) is 1.27. The van der Waals surface area contributed by atoms with E-state index >= 15 is 0 Å². The summed E-state index contributed by atoms with van der Waals surface area (Å²) in [4.78, 5) is 0. The van der Waals surface area contributed by atoms with Crippen LogP contribution in [0.4, 0.5) is 0 Å². The van der Waals surface area contributed by atoms with Gasteiger partial charge in [0.05, 0.1) is 6.61 Å². The van der Waals surface area contributed by atoms with Crippen molar-refractivity contribution >= 4 is 10.8 Å². The smallest absolute Gasteiger partial charge is 0.102 e. The van der Waals surface area contributed by atoms with Crippen LogP contribution < -0.4 is 0 Å². The van der Waals surface area contributed by atoms with Crippen molar-refractivity contribution in [1.82, 2.24) is 0 Å². The molecule has 1 atom stereocenters. The average molecular weight is 196 g/mol. The molecule has 1 aliphatic rings. The van der Waals surface area contributed by atoms with Crippen molar-refractivity contribution in [3.63, 3.8) is 0 Å². The zero-order valence-corrected chi connectivity index (χ0v) is 8.39. The van der Waals surface area contributed by atoms with Gasteiger partial charge in [0.2, 0.25) is 0 Å². The Morgan fingerprint density at radius 2 is 1.87 bits per heavy atom. The van der Waals surface area contributed by atoms with Crippen LogP contribution in [0.25, 0.3) is 10.8 Å². The third kappa shape index (κ3) is 1.45. The molecule has 15 heavy (non-hydrogen) atoms. The van der Waals surface area contributed by atoms with Gasteiger partial charge in [0.15, 0.2) is 0 Å². The predicted molar refractivity (Wildman–Crippen MR) is 61.8 cm³/mol. The molecular formula is C14H12O. The fraction of sp³-hybridized carbons (Fsp3) is 0.143. The van der Waals surface area contributed by atoms with Gasteiger partial charge in [-0.15, -0.1) is 0 Å². The first-order valence-corrected chi connectivity index (χ1v) is 5.21. The molecule has 0 N–H and O–H groups in total. The highest BCUT2D eigenvalue weighted by atomic mass is 16.5. The van der Waals surface area contributed by atoms with Gasteiger partial charge < -0.3 is 4.74 Å². The predicted octanol–water partition coefficient (Wildman–Crippen LogP) is 3.47. The van der Waals surface area contributed by atoms with E-state index in [4.69, 9.17) is 4.74 Å². The van der Waals surface area contributed by atoms with E-state index in [1.807, 2.05) is 0 Å². The summed E-state index contributed by atoms with van der Waals surface area (Å²) in [5, 5.41) is 2.57.